The van der Waals surface area contributed by atoms with Crippen molar-refractivity contribution < 1.29 is 9.53 Å². The van der Waals surface area contributed by atoms with Crippen LogP contribution in [0, 0.1) is 13.8 Å². The number of pyridine rings is 1. The Morgan fingerprint density at radius 2 is 2.27 bits per heavy atom. The molecule has 2 rings (SSSR count). The molecule has 0 saturated carbocycles. The molecule has 2 amide bonds. The first-order valence-corrected chi connectivity index (χ1v) is 7.85. The number of nitrogens with one attached hydrogen (secondary N) is 2. The smallest absolute Gasteiger partial charge is 0.317 e. The predicted molar refractivity (Wildman–Crippen MR) is 85.0 cm³/mol. The predicted octanol–water partition coefficient (Wildman–Crippen LogP) is 1.70. The summed E-state index contributed by atoms with van der Waals surface area (Å²) in [7, 11) is 0. The van der Waals surface area contributed by atoms with E-state index in [-0.39, 0.29) is 24.2 Å². The molecule has 1 aliphatic heterocycles. The zero-order chi connectivity index (χ0) is 16.1. The molecule has 1 aromatic rings. The first-order valence-electron chi connectivity index (χ1n) is 7.85. The highest BCUT2D eigenvalue weighted by Gasteiger charge is 2.23. The molecule has 1 atom stereocenters. The molecule has 22 heavy (non-hydrogen) atoms. The number of aromatic nitrogens is 1. The van der Waals surface area contributed by atoms with Gasteiger partial charge in [-0.25, -0.2) is 4.79 Å². The number of hydrogen-bond donors (Lipinski definition) is 2. The minimum absolute atomic E-state index is 0.119. The number of nitrogens with zero attached hydrogens (tertiary/aromatic N) is 1. The van der Waals surface area contributed by atoms with E-state index in [0.717, 1.165) is 30.6 Å². The van der Waals surface area contributed by atoms with E-state index < -0.39 is 0 Å². The standard InChI is InChI=1S/C16H25N3O3/c1-4-22-13-6-5-7-19(10-13)16(21)17-9-14-11(2)8-12(3)18-15(14)20/h8,13H,4-7,9-10H2,1-3H3,(H,17,21)(H,18,20)/t13-/m1/s1. The lowest BCUT2D eigenvalue weighted by Gasteiger charge is -2.32. The van der Waals surface area contributed by atoms with Gasteiger partial charge in [-0.3, -0.25) is 4.79 Å². The van der Waals surface area contributed by atoms with Gasteiger partial charge in [-0.1, -0.05) is 0 Å². The van der Waals surface area contributed by atoms with Crippen molar-refractivity contribution in [1.29, 1.82) is 0 Å². The third-order valence-electron chi connectivity index (χ3n) is 3.98. The van der Waals surface area contributed by atoms with Gasteiger partial charge in [-0.2, -0.15) is 0 Å². The van der Waals surface area contributed by atoms with Crippen molar-refractivity contribution in [2.24, 2.45) is 0 Å². The fourth-order valence-corrected chi connectivity index (χ4v) is 2.87. The van der Waals surface area contributed by atoms with Gasteiger partial charge in [0.15, 0.2) is 0 Å². The number of carbonyl (C=O) groups is 1. The minimum atomic E-state index is -0.136. The lowest BCUT2D eigenvalue weighted by molar-refractivity contribution is 0.0164. The van der Waals surface area contributed by atoms with Crippen LogP contribution in [0.15, 0.2) is 10.9 Å². The minimum Gasteiger partial charge on any atom is -0.377 e. The Kier molecular flexibility index (Phi) is 5.60. The number of rotatable bonds is 4. The van der Waals surface area contributed by atoms with Crippen LogP contribution in [-0.2, 0) is 11.3 Å². The third kappa shape index (κ3) is 4.10. The van der Waals surface area contributed by atoms with Gasteiger partial charge < -0.3 is 19.9 Å². The van der Waals surface area contributed by atoms with Crippen LogP contribution in [-0.4, -0.2) is 41.7 Å². The molecular weight excluding hydrogens is 282 g/mol. The molecule has 2 N–H and O–H groups in total. The molecular formula is C16H25N3O3. The zero-order valence-corrected chi connectivity index (χ0v) is 13.6. The van der Waals surface area contributed by atoms with Gasteiger partial charge in [0, 0.05) is 31.0 Å². The van der Waals surface area contributed by atoms with Gasteiger partial charge in [-0.05, 0) is 45.2 Å². The van der Waals surface area contributed by atoms with Gasteiger partial charge in [0.2, 0.25) is 0 Å². The lowest BCUT2D eigenvalue weighted by Crippen LogP contribution is -2.47. The summed E-state index contributed by atoms with van der Waals surface area (Å²) in [5.74, 6) is 0. The van der Waals surface area contributed by atoms with Gasteiger partial charge in [-0.15, -0.1) is 0 Å². The first kappa shape index (κ1) is 16.5. The zero-order valence-electron chi connectivity index (χ0n) is 13.6. The molecule has 2 heterocycles. The highest BCUT2D eigenvalue weighted by Crippen LogP contribution is 2.13. The average Bonchev–Trinajstić information content (AvgIpc) is 2.46. The van der Waals surface area contributed by atoms with E-state index in [0.29, 0.717) is 18.7 Å². The summed E-state index contributed by atoms with van der Waals surface area (Å²) in [6.07, 6.45) is 2.06. The van der Waals surface area contributed by atoms with E-state index in [1.165, 1.54) is 0 Å². The number of aromatic amines is 1. The molecule has 1 aromatic heterocycles. The SMILES string of the molecule is CCO[C@@H]1CCCN(C(=O)NCc2c(C)cc(C)[nH]c2=O)C1. The van der Waals surface area contributed by atoms with Crippen LogP contribution in [0.25, 0.3) is 0 Å². The Morgan fingerprint density at radius 1 is 1.50 bits per heavy atom. The molecule has 6 nitrogen and oxygen atoms in total. The Morgan fingerprint density at radius 3 is 2.95 bits per heavy atom. The maximum absolute atomic E-state index is 12.3. The average molecular weight is 307 g/mol. The maximum Gasteiger partial charge on any atom is 0.317 e. The summed E-state index contributed by atoms with van der Waals surface area (Å²) in [5.41, 5.74) is 2.20. The molecule has 6 heteroatoms. The number of aryl methyl sites for hydroxylation is 2. The van der Waals surface area contributed by atoms with Crippen molar-refractivity contribution in [3.8, 4) is 0 Å². The summed E-state index contributed by atoms with van der Waals surface area (Å²) in [6, 6.07) is 1.78. The van der Waals surface area contributed by atoms with Crippen LogP contribution in [0.2, 0.25) is 0 Å². The van der Waals surface area contributed by atoms with E-state index in [1.54, 1.807) is 4.90 Å². The lowest BCUT2D eigenvalue weighted by atomic mass is 10.1. The van der Waals surface area contributed by atoms with Crippen LogP contribution in [0.5, 0.6) is 0 Å². The topological polar surface area (TPSA) is 74.4 Å². The number of amides is 2. The third-order valence-corrected chi connectivity index (χ3v) is 3.98. The van der Waals surface area contributed by atoms with Crippen molar-refractivity contribution in [2.75, 3.05) is 19.7 Å². The van der Waals surface area contributed by atoms with Gasteiger partial charge in [0.1, 0.15) is 0 Å². The number of piperidine rings is 1. The summed E-state index contributed by atoms with van der Waals surface area (Å²) in [4.78, 5) is 28.7. The molecule has 1 fully saturated rings. The van der Waals surface area contributed by atoms with E-state index in [4.69, 9.17) is 4.74 Å². The number of carbonyl (C=O) groups excluding carboxylic acids is 1. The Balaban J connectivity index is 1.94. The van der Waals surface area contributed by atoms with Gasteiger partial charge in [0.25, 0.3) is 5.56 Å². The molecule has 0 bridgehead atoms. The molecule has 0 radical (unpaired) electrons. The molecule has 0 aliphatic carbocycles. The van der Waals surface area contributed by atoms with E-state index in [2.05, 4.69) is 10.3 Å². The van der Waals surface area contributed by atoms with Crippen molar-refractivity contribution in [1.82, 2.24) is 15.2 Å². The second-order valence-corrected chi connectivity index (χ2v) is 5.77. The number of urea groups is 1. The van der Waals surface area contributed by atoms with E-state index >= 15 is 0 Å². The Hall–Kier alpha value is -1.82. The van der Waals surface area contributed by atoms with Crippen LogP contribution >= 0.6 is 0 Å². The van der Waals surface area contributed by atoms with Crippen LogP contribution in [0.3, 0.4) is 0 Å². The second kappa shape index (κ2) is 7.45. The van der Waals surface area contributed by atoms with E-state index in [9.17, 15) is 9.59 Å². The fourth-order valence-electron chi connectivity index (χ4n) is 2.87. The fraction of sp³-hybridized carbons (Fsp3) is 0.625. The number of likely N-dealkylation sites (tertiary alicyclic amines) is 1. The van der Waals surface area contributed by atoms with Gasteiger partial charge >= 0.3 is 6.03 Å². The Bertz CT molecular complexity index is 580. The molecule has 0 aromatic carbocycles. The van der Waals surface area contributed by atoms with Crippen LogP contribution < -0.4 is 10.9 Å². The summed E-state index contributed by atoms with van der Waals surface area (Å²) in [6.45, 7) is 7.95. The largest absolute Gasteiger partial charge is 0.377 e. The molecule has 1 aliphatic rings. The van der Waals surface area contributed by atoms with Gasteiger partial charge in [0.05, 0.1) is 12.6 Å². The Labute approximate surface area is 130 Å². The van der Waals surface area contributed by atoms with Crippen LogP contribution in [0.4, 0.5) is 4.79 Å². The normalized spacial score (nSPS) is 18.3. The number of ether oxygens (including phenoxy) is 1. The number of H-pyrrole nitrogens is 1. The molecule has 1 saturated heterocycles. The van der Waals surface area contributed by atoms with Crippen molar-refractivity contribution in [2.45, 2.75) is 46.3 Å². The summed E-state index contributed by atoms with van der Waals surface area (Å²) >= 11 is 0. The molecule has 0 unspecified atom stereocenters. The quantitative estimate of drug-likeness (QED) is 0.889. The van der Waals surface area contributed by atoms with Crippen molar-refractivity contribution in [3.05, 3.63) is 33.2 Å². The highest BCUT2D eigenvalue weighted by molar-refractivity contribution is 5.74. The second-order valence-electron chi connectivity index (χ2n) is 5.77. The monoisotopic (exact) mass is 307 g/mol. The van der Waals surface area contributed by atoms with Crippen molar-refractivity contribution in [3.63, 3.8) is 0 Å². The molecule has 0 spiro atoms. The first-order chi connectivity index (χ1) is 10.5. The van der Waals surface area contributed by atoms with Crippen molar-refractivity contribution >= 4 is 6.03 Å². The molecule has 122 valence electrons. The highest BCUT2D eigenvalue weighted by atomic mass is 16.5. The van der Waals surface area contributed by atoms with E-state index in [1.807, 2.05) is 26.8 Å². The summed E-state index contributed by atoms with van der Waals surface area (Å²) in [5, 5.41) is 2.84. The number of hydrogen-bond acceptors (Lipinski definition) is 3. The van der Waals surface area contributed by atoms with Crippen LogP contribution in [0.1, 0.15) is 36.6 Å². The maximum atomic E-state index is 12.3. The summed E-state index contributed by atoms with van der Waals surface area (Å²) < 4.78 is 5.60.